The van der Waals surface area contributed by atoms with Gasteiger partial charge in [-0.2, -0.15) is 4.39 Å². The summed E-state index contributed by atoms with van der Waals surface area (Å²) < 4.78 is 13.9. The molecule has 0 radical (unpaired) electrons. The maximum absolute atomic E-state index is 13.0. The third-order valence-electron chi connectivity index (χ3n) is 2.18. The number of thiophene rings is 1. The van der Waals surface area contributed by atoms with Gasteiger partial charge in [0.1, 0.15) is 0 Å². The molecular formula is C10H8ClFOS. The van der Waals surface area contributed by atoms with Crippen molar-refractivity contribution in [3.8, 4) is 0 Å². The van der Waals surface area contributed by atoms with Crippen molar-refractivity contribution in [1.29, 1.82) is 0 Å². The van der Waals surface area contributed by atoms with Gasteiger partial charge in [-0.3, -0.25) is 0 Å². The lowest BCUT2D eigenvalue weighted by molar-refractivity contribution is 0.281. The number of hydrogen-bond acceptors (Lipinski definition) is 2. The van der Waals surface area contributed by atoms with E-state index in [4.69, 9.17) is 16.7 Å². The molecule has 0 amide bonds. The second-order valence-electron chi connectivity index (χ2n) is 2.96. The summed E-state index contributed by atoms with van der Waals surface area (Å²) in [6.45, 7) is -0.0601. The number of benzene rings is 1. The van der Waals surface area contributed by atoms with Crippen LogP contribution in [0.5, 0.6) is 0 Å². The molecule has 1 aromatic carbocycles. The molecule has 2 aromatic rings. The smallest absolute Gasteiger partial charge is 0.177 e. The normalized spacial score (nSPS) is 11.1. The van der Waals surface area contributed by atoms with Gasteiger partial charge in [0.15, 0.2) is 5.13 Å². The first-order valence-electron chi connectivity index (χ1n) is 4.13. The van der Waals surface area contributed by atoms with Crippen LogP contribution in [0.1, 0.15) is 11.1 Å². The first-order valence-corrected chi connectivity index (χ1v) is 5.48. The fraction of sp³-hybridized carbons (Fsp3) is 0.200. The Balaban J connectivity index is 2.75. The zero-order chi connectivity index (χ0) is 10.1. The topological polar surface area (TPSA) is 20.2 Å². The molecule has 0 saturated heterocycles. The van der Waals surface area contributed by atoms with Gasteiger partial charge in [-0.1, -0.05) is 6.07 Å². The monoisotopic (exact) mass is 230 g/mol. The minimum atomic E-state index is -0.221. The molecule has 0 aliphatic rings. The number of alkyl halides is 1. The zero-order valence-corrected chi connectivity index (χ0v) is 8.83. The molecule has 0 unspecified atom stereocenters. The highest BCUT2D eigenvalue weighted by Crippen LogP contribution is 2.30. The summed E-state index contributed by atoms with van der Waals surface area (Å²) in [5.41, 5.74) is 1.59. The summed E-state index contributed by atoms with van der Waals surface area (Å²) >= 11 is 6.86. The van der Waals surface area contributed by atoms with Crippen LogP contribution >= 0.6 is 22.9 Å². The van der Waals surface area contributed by atoms with Crippen molar-refractivity contribution >= 4 is 33.0 Å². The standard InChI is InChI=1S/C10H8ClFOS/c11-4-8-6(5-13)1-2-9-7(8)3-10(12)14-9/h1-3,13H,4-5H2. The van der Waals surface area contributed by atoms with Crippen LogP contribution in [0.4, 0.5) is 4.39 Å². The summed E-state index contributed by atoms with van der Waals surface area (Å²) in [4.78, 5) is 0. The molecule has 14 heavy (non-hydrogen) atoms. The molecule has 0 saturated carbocycles. The lowest BCUT2D eigenvalue weighted by Crippen LogP contribution is -1.90. The number of aliphatic hydroxyl groups excluding tert-OH is 1. The van der Waals surface area contributed by atoms with E-state index in [1.54, 1.807) is 6.07 Å². The Hall–Kier alpha value is -0.640. The Kier molecular flexibility index (Phi) is 2.72. The van der Waals surface area contributed by atoms with E-state index >= 15 is 0 Å². The largest absolute Gasteiger partial charge is 0.392 e. The first kappa shape index (κ1) is 9.90. The lowest BCUT2D eigenvalue weighted by atomic mass is 10.1. The van der Waals surface area contributed by atoms with Crippen molar-refractivity contribution in [2.75, 3.05) is 0 Å². The molecule has 4 heteroatoms. The zero-order valence-electron chi connectivity index (χ0n) is 7.26. The van der Waals surface area contributed by atoms with Crippen molar-refractivity contribution < 1.29 is 9.50 Å². The summed E-state index contributed by atoms with van der Waals surface area (Å²) in [6, 6.07) is 5.07. The molecule has 0 aliphatic carbocycles. The number of halogens is 2. The van der Waals surface area contributed by atoms with E-state index in [2.05, 4.69) is 0 Å². The third-order valence-corrected chi connectivity index (χ3v) is 3.34. The molecule has 74 valence electrons. The Morgan fingerprint density at radius 1 is 1.43 bits per heavy atom. The molecule has 2 rings (SSSR count). The van der Waals surface area contributed by atoms with Crippen LogP contribution in [-0.2, 0) is 12.5 Å². The number of fused-ring (bicyclic) bond motifs is 1. The third kappa shape index (κ3) is 1.52. The molecule has 1 nitrogen and oxygen atoms in total. The van der Waals surface area contributed by atoms with Crippen LogP contribution in [0.3, 0.4) is 0 Å². The average Bonchev–Trinajstić information content (AvgIpc) is 2.56. The second kappa shape index (κ2) is 3.85. The first-order chi connectivity index (χ1) is 6.76. The van der Waals surface area contributed by atoms with Crippen molar-refractivity contribution in [3.63, 3.8) is 0 Å². The van der Waals surface area contributed by atoms with Gasteiger partial charge in [0.05, 0.1) is 6.61 Å². The predicted octanol–water partition coefficient (Wildman–Crippen LogP) is 3.27. The van der Waals surface area contributed by atoms with E-state index < -0.39 is 0 Å². The van der Waals surface area contributed by atoms with Gasteiger partial charge in [-0.15, -0.1) is 22.9 Å². The van der Waals surface area contributed by atoms with Crippen LogP contribution in [-0.4, -0.2) is 5.11 Å². The predicted molar refractivity (Wildman–Crippen MR) is 57.3 cm³/mol. The van der Waals surface area contributed by atoms with Gasteiger partial charge in [0.25, 0.3) is 0 Å². The fourth-order valence-electron chi connectivity index (χ4n) is 1.49. The van der Waals surface area contributed by atoms with Crippen molar-refractivity contribution in [2.24, 2.45) is 0 Å². The molecule has 0 fully saturated rings. The van der Waals surface area contributed by atoms with Gasteiger partial charge in [0, 0.05) is 16.0 Å². The average molecular weight is 231 g/mol. The Labute approximate surface area is 89.7 Å². The van der Waals surface area contributed by atoms with Crippen molar-refractivity contribution in [3.05, 3.63) is 34.5 Å². The SMILES string of the molecule is OCc1ccc2sc(F)cc2c1CCl. The van der Waals surface area contributed by atoms with Crippen molar-refractivity contribution in [2.45, 2.75) is 12.5 Å². The van der Waals surface area contributed by atoms with E-state index in [-0.39, 0.29) is 11.7 Å². The summed E-state index contributed by atoms with van der Waals surface area (Å²) in [5.74, 6) is 0.295. The highest BCUT2D eigenvalue weighted by atomic mass is 35.5. The van der Waals surface area contributed by atoms with Gasteiger partial charge in [0.2, 0.25) is 0 Å². The van der Waals surface area contributed by atoms with E-state index in [0.717, 1.165) is 32.5 Å². The van der Waals surface area contributed by atoms with E-state index in [0.29, 0.717) is 5.88 Å². The van der Waals surface area contributed by atoms with Crippen LogP contribution in [0.2, 0.25) is 0 Å². The summed E-state index contributed by atoms with van der Waals surface area (Å²) in [5, 5.41) is 9.66. The minimum Gasteiger partial charge on any atom is -0.392 e. The van der Waals surface area contributed by atoms with Crippen LogP contribution in [0.15, 0.2) is 18.2 Å². The van der Waals surface area contributed by atoms with Crippen LogP contribution in [0, 0.1) is 5.13 Å². The molecule has 1 N–H and O–H groups in total. The molecule has 0 spiro atoms. The highest BCUT2D eigenvalue weighted by Gasteiger charge is 2.09. The Bertz CT molecular complexity index is 466. The van der Waals surface area contributed by atoms with E-state index in [1.807, 2.05) is 6.07 Å². The number of aliphatic hydroxyl groups is 1. The molecule has 1 heterocycles. The number of rotatable bonds is 2. The fourth-order valence-corrected chi connectivity index (χ4v) is 2.62. The molecular weight excluding hydrogens is 223 g/mol. The van der Waals surface area contributed by atoms with Gasteiger partial charge in [-0.05, 0) is 23.3 Å². The van der Waals surface area contributed by atoms with Gasteiger partial charge < -0.3 is 5.11 Å². The maximum Gasteiger partial charge on any atom is 0.177 e. The molecule has 0 atom stereocenters. The lowest BCUT2D eigenvalue weighted by Gasteiger charge is -2.04. The van der Waals surface area contributed by atoms with Crippen molar-refractivity contribution in [1.82, 2.24) is 0 Å². The molecule has 1 aromatic heterocycles. The summed E-state index contributed by atoms with van der Waals surface area (Å²) in [6.07, 6.45) is 0. The van der Waals surface area contributed by atoms with E-state index in [9.17, 15) is 4.39 Å². The Morgan fingerprint density at radius 2 is 2.21 bits per heavy atom. The van der Waals surface area contributed by atoms with E-state index in [1.165, 1.54) is 6.07 Å². The van der Waals surface area contributed by atoms with Gasteiger partial charge in [-0.25, -0.2) is 0 Å². The molecule has 0 bridgehead atoms. The van der Waals surface area contributed by atoms with Gasteiger partial charge >= 0.3 is 0 Å². The number of hydrogen-bond donors (Lipinski definition) is 1. The Morgan fingerprint density at radius 3 is 2.86 bits per heavy atom. The minimum absolute atomic E-state index is 0.0601. The summed E-state index contributed by atoms with van der Waals surface area (Å²) in [7, 11) is 0. The maximum atomic E-state index is 13.0. The molecule has 0 aliphatic heterocycles. The second-order valence-corrected chi connectivity index (χ2v) is 4.26. The van der Waals surface area contributed by atoms with Crippen LogP contribution in [0.25, 0.3) is 10.1 Å². The van der Waals surface area contributed by atoms with Crippen LogP contribution < -0.4 is 0 Å². The highest BCUT2D eigenvalue weighted by molar-refractivity contribution is 7.17. The quantitative estimate of drug-likeness (QED) is 0.786.